The van der Waals surface area contributed by atoms with Gasteiger partial charge in [0.25, 0.3) is 0 Å². The first-order valence-corrected chi connectivity index (χ1v) is 8.25. The molecule has 1 fully saturated rings. The van der Waals surface area contributed by atoms with Crippen molar-refractivity contribution >= 4 is 27.3 Å². The predicted molar refractivity (Wildman–Crippen MR) is 82.1 cm³/mol. The molecule has 2 atom stereocenters. The van der Waals surface area contributed by atoms with Gasteiger partial charge in [0.2, 0.25) is 0 Å². The third-order valence-electron chi connectivity index (χ3n) is 3.84. The van der Waals surface area contributed by atoms with Crippen LogP contribution in [-0.4, -0.2) is 48.6 Å². The highest BCUT2D eigenvalue weighted by Gasteiger charge is 2.28. The Balaban J connectivity index is 2.06. The molecule has 0 amide bonds. The van der Waals surface area contributed by atoms with Gasteiger partial charge in [-0.1, -0.05) is 6.92 Å². The van der Waals surface area contributed by atoms with Crippen molar-refractivity contribution in [3.63, 3.8) is 0 Å². The van der Waals surface area contributed by atoms with Gasteiger partial charge in [0.1, 0.15) is 0 Å². The van der Waals surface area contributed by atoms with Gasteiger partial charge in [-0.05, 0) is 46.4 Å². The number of hydrogen-bond donors (Lipinski definition) is 1. The lowest BCUT2D eigenvalue weighted by Gasteiger charge is -2.42. The highest BCUT2D eigenvalue weighted by molar-refractivity contribution is 9.11. The topological polar surface area (TPSA) is 32.5 Å². The van der Waals surface area contributed by atoms with E-state index >= 15 is 0 Å². The Hall–Kier alpha value is 0.0600. The van der Waals surface area contributed by atoms with Crippen molar-refractivity contribution in [3.05, 3.63) is 20.8 Å². The number of hydrogen-bond acceptors (Lipinski definition) is 4. The molecule has 3 nitrogen and oxygen atoms in total. The molecule has 1 aliphatic rings. The summed E-state index contributed by atoms with van der Waals surface area (Å²) >= 11 is 5.28. The van der Waals surface area contributed by atoms with E-state index in [2.05, 4.69) is 51.0 Å². The first-order chi connectivity index (χ1) is 8.65. The largest absolute Gasteiger partial charge is 0.329 e. The number of nitrogens with zero attached hydrogens (tertiary/aromatic N) is 2. The molecule has 18 heavy (non-hydrogen) atoms. The fourth-order valence-electron chi connectivity index (χ4n) is 2.77. The average Bonchev–Trinajstić information content (AvgIpc) is 2.77. The SMILES string of the molecule is CCN1CCN(C(CN)c2csc(Br)c2)CC1C. The van der Waals surface area contributed by atoms with Gasteiger partial charge in [-0.25, -0.2) is 0 Å². The van der Waals surface area contributed by atoms with Crippen LogP contribution in [-0.2, 0) is 0 Å². The highest BCUT2D eigenvalue weighted by Crippen LogP contribution is 2.29. The average molecular weight is 332 g/mol. The summed E-state index contributed by atoms with van der Waals surface area (Å²) in [6.07, 6.45) is 0. The zero-order valence-electron chi connectivity index (χ0n) is 11.1. The molecule has 102 valence electrons. The second kappa shape index (κ2) is 6.48. The number of nitrogens with two attached hydrogens (primary N) is 1. The lowest BCUT2D eigenvalue weighted by atomic mass is 10.1. The van der Waals surface area contributed by atoms with Gasteiger partial charge in [0.15, 0.2) is 0 Å². The van der Waals surface area contributed by atoms with E-state index in [1.165, 1.54) is 9.35 Å². The third kappa shape index (κ3) is 3.14. The van der Waals surface area contributed by atoms with Crippen molar-refractivity contribution in [1.82, 2.24) is 9.80 Å². The van der Waals surface area contributed by atoms with Crippen molar-refractivity contribution in [1.29, 1.82) is 0 Å². The molecule has 2 rings (SSSR count). The van der Waals surface area contributed by atoms with Gasteiger partial charge >= 0.3 is 0 Å². The second-order valence-corrected chi connectivity index (χ2v) is 7.20. The minimum atomic E-state index is 0.369. The Morgan fingerprint density at radius 3 is 2.83 bits per heavy atom. The van der Waals surface area contributed by atoms with Crippen LogP contribution in [0.2, 0.25) is 0 Å². The van der Waals surface area contributed by atoms with Crippen LogP contribution in [0.15, 0.2) is 15.2 Å². The van der Waals surface area contributed by atoms with Crippen molar-refractivity contribution in [3.8, 4) is 0 Å². The zero-order valence-corrected chi connectivity index (χ0v) is 13.5. The number of piperazine rings is 1. The maximum Gasteiger partial charge on any atom is 0.0701 e. The summed E-state index contributed by atoms with van der Waals surface area (Å²) in [5.41, 5.74) is 7.34. The van der Waals surface area contributed by atoms with Crippen molar-refractivity contribution in [2.45, 2.75) is 25.9 Å². The first kappa shape index (κ1) is 14.5. The third-order valence-corrected chi connectivity index (χ3v) is 5.36. The number of thiophene rings is 1. The molecule has 0 aliphatic carbocycles. The van der Waals surface area contributed by atoms with Crippen LogP contribution in [0.5, 0.6) is 0 Å². The minimum absolute atomic E-state index is 0.369. The smallest absolute Gasteiger partial charge is 0.0701 e. The van der Waals surface area contributed by atoms with Gasteiger partial charge in [-0.15, -0.1) is 11.3 Å². The Kier molecular flexibility index (Phi) is 5.21. The lowest BCUT2D eigenvalue weighted by molar-refractivity contribution is 0.0608. The van der Waals surface area contributed by atoms with E-state index in [0.29, 0.717) is 18.6 Å². The van der Waals surface area contributed by atoms with Crippen LogP contribution in [0, 0.1) is 0 Å². The number of halogens is 1. The van der Waals surface area contributed by atoms with E-state index in [-0.39, 0.29) is 0 Å². The molecule has 0 saturated carbocycles. The molecule has 1 saturated heterocycles. The quantitative estimate of drug-likeness (QED) is 0.920. The second-order valence-electron chi connectivity index (χ2n) is 4.91. The summed E-state index contributed by atoms with van der Waals surface area (Å²) in [7, 11) is 0. The van der Waals surface area contributed by atoms with Gasteiger partial charge in [-0.3, -0.25) is 9.80 Å². The van der Waals surface area contributed by atoms with Crippen LogP contribution in [0.4, 0.5) is 0 Å². The van der Waals surface area contributed by atoms with Crippen LogP contribution in [0.1, 0.15) is 25.5 Å². The van der Waals surface area contributed by atoms with Crippen LogP contribution in [0.25, 0.3) is 0 Å². The standard InChI is InChI=1S/C13H22BrN3S/c1-3-16-4-5-17(8-10(16)2)12(7-15)11-6-13(14)18-9-11/h6,9-10,12H,3-5,7-8,15H2,1-2H3. The minimum Gasteiger partial charge on any atom is -0.329 e. The van der Waals surface area contributed by atoms with Crippen LogP contribution < -0.4 is 5.73 Å². The number of rotatable bonds is 4. The molecule has 0 radical (unpaired) electrons. The van der Waals surface area contributed by atoms with E-state index in [1.54, 1.807) is 11.3 Å². The van der Waals surface area contributed by atoms with Gasteiger partial charge in [-0.2, -0.15) is 0 Å². The summed E-state index contributed by atoms with van der Waals surface area (Å²) < 4.78 is 1.19. The van der Waals surface area contributed by atoms with Gasteiger partial charge < -0.3 is 5.73 Å². The van der Waals surface area contributed by atoms with Crippen molar-refractivity contribution in [2.75, 3.05) is 32.7 Å². The molecule has 2 unspecified atom stereocenters. The summed E-state index contributed by atoms with van der Waals surface area (Å²) in [4.78, 5) is 5.07. The van der Waals surface area contributed by atoms with E-state index in [0.717, 1.165) is 26.2 Å². The molecule has 0 spiro atoms. The van der Waals surface area contributed by atoms with Gasteiger partial charge in [0, 0.05) is 38.3 Å². The Bertz CT molecular complexity index is 382. The molecule has 1 aliphatic heterocycles. The monoisotopic (exact) mass is 331 g/mol. The zero-order chi connectivity index (χ0) is 13.1. The van der Waals surface area contributed by atoms with Crippen molar-refractivity contribution in [2.24, 2.45) is 5.73 Å². The number of likely N-dealkylation sites (N-methyl/N-ethyl adjacent to an activating group) is 1. The normalized spacial score (nSPS) is 24.3. The van der Waals surface area contributed by atoms with Crippen molar-refractivity contribution < 1.29 is 0 Å². The predicted octanol–water partition coefficient (Wildman–Crippen LogP) is 2.54. The molecule has 1 aromatic rings. The van der Waals surface area contributed by atoms with Gasteiger partial charge in [0.05, 0.1) is 3.79 Å². The molecule has 1 aromatic heterocycles. The maximum atomic E-state index is 5.99. The van der Waals surface area contributed by atoms with Crippen LogP contribution >= 0.6 is 27.3 Å². The molecule has 2 heterocycles. The summed E-state index contributed by atoms with van der Waals surface area (Å²) in [6, 6.07) is 3.20. The van der Waals surface area contributed by atoms with E-state index in [9.17, 15) is 0 Å². The Morgan fingerprint density at radius 2 is 2.33 bits per heavy atom. The Labute approximate surface area is 122 Å². The maximum absolute atomic E-state index is 5.99. The van der Waals surface area contributed by atoms with E-state index in [1.807, 2.05) is 0 Å². The first-order valence-electron chi connectivity index (χ1n) is 6.57. The summed E-state index contributed by atoms with van der Waals surface area (Å²) in [6.45, 7) is 9.78. The fourth-order valence-corrected chi connectivity index (χ4v) is 3.99. The highest BCUT2D eigenvalue weighted by atomic mass is 79.9. The fraction of sp³-hybridized carbons (Fsp3) is 0.692. The van der Waals surface area contributed by atoms with E-state index < -0.39 is 0 Å². The molecule has 2 N–H and O–H groups in total. The summed E-state index contributed by atoms with van der Waals surface area (Å²) in [5.74, 6) is 0. The molecular formula is C13H22BrN3S. The summed E-state index contributed by atoms with van der Waals surface area (Å²) in [5, 5.41) is 2.22. The molecule has 0 bridgehead atoms. The molecule has 5 heteroatoms. The molecule has 0 aromatic carbocycles. The van der Waals surface area contributed by atoms with E-state index in [4.69, 9.17) is 5.73 Å². The lowest BCUT2D eigenvalue weighted by Crippen LogP contribution is -2.53. The molecular weight excluding hydrogens is 310 g/mol. The van der Waals surface area contributed by atoms with Crippen LogP contribution in [0.3, 0.4) is 0 Å². The Morgan fingerprint density at radius 1 is 1.56 bits per heavy atom.